The highest BCUT2D eigenvalue weighted by Crippen LogP contribution is 2.30. The monoisotopic (exact) mass is 427 g/mol. The minimum absolute atomic E-state index is 0.00127. The Hall–Kier alpha value is -1.15. The number of nitrogens with zero attached hydrogens (tertiary/aromatic N) is 1. The number of carbonyl (C=O) groups is 1. The van der Waals surface area contributed by atoms with Crippen LogP contribution in [-0.2, 0) is 14.8 Å². The lowest BCUT2D eigenvalue weighted by molar-refractivity contribution is -0.121. The molecule has 28 heavy (non-hydrogen) atoms. The SMILES string of the molecule is O=C(CCCNS(=O)(=O)c1ccc(Cl)cc1)NC[C@@H]1CCCN2CCCC[C@@H]12. The summed E-state index contributed by atoms with van der Waals surface area (Å²) in [5.74, 6) is 0.542. The fourth-order valence-electron chi connectivity index (χ4n) is 4.30. The molecule has 0 spiro atoms. The van der Waals surface area contributed by atoms with Gasteiger partial charge in [0.05, 0.1) is 4.90 Å². The molecule has 1 amide bonds. The third kappa shape index (κ3) is 5.92. The molecule has 8 heteroatoms. The second-order valence-electron chi connectivity index (χ2n) is 7.76. The summed E-state index contributed by atoms with van der Waals surface area (Å²) in [6.07, 6.45) is 7.02. The number of piperidine rings is 2. The minimum atomic E-state index is -3.56. The van der Waals surface area contributed by atoms with Gasteiger partial charge in [0.15, 0.2) is 0 Å². The maximum absolute atomic E-state index is 12.2. The summed E-state index contributed by atoms with van der Waals surface area (Å²) in [5, 5.41) is 3.55. The van der Waals surface area contributed by atoms with Gasteiger partial charge in [0, 0.05) is 30.6 Å². The molecule has 2 fully saturated rings. The van der Waals surface area contributed by atoms with E-state index in [9.17, 15) is 13.2 Å². The fraction of sp³-hybridized carbons (Fsp3) is 0.650. The van der Waals surface area contributed by atoms with Gasteiger partial charge in [-0.1, -0.05) is 18.0 Å². The van der Waals surface area contributed by atoms with E-state index < -0.39 is 10.0 Å². The van der Waals surface area contributed by atoms with Gasteiger partial charge in [0.25, 0.3) is 0 Å². The zero-order valence-electron chi connectivity index (χ0n) is 16.2. The summed E-state index contributed by atoms with van der Waals surface area (Å²) < 4.78 is 26.9. The van der Waals surface area contributed by atoms with Crippen LogP contribution >= 0.6 is 11.6 Å². The Kier molecular flexibility index (Phi) is 7.74. The Balaban J connectivity index is 1.36. The van der Waals surface area contributed by atoms with E-state index in [0.717, 1.165) is 6.54 Å². The minimum Gasteiger partial charge on any atom is -0.356 e. The van der Waals surface area contributed by atoms with Crippen molar-refractivity contribution in [2.75, 3.05) is 26.2 Å². The van der Waals surface area contributed by atoms with E-state index in [1.54, 1.807) is 12.1 Å². The van der Waals surface area contributed by atoms with Crippen LogP contribution < -0.4 is 10.0 Å². The van der Waals surface area contributed by atoms with E-state index in [2.05, 4.69) is 14.9 Å². The highest BCUT2D eigenvalue weighted by atomic mass is 35.5. The van der Waals surface area contributed by atoms with Gasteiger partial charge >= 0.3 is 0 Å². The first-order chi connectivity index (χ1) is 13.5. The maximum atomic E-state index is 12.2. The fourth-order valence-corrected chi connectivity index (χ4v) is 5.50. The largest absolute Gasteiger partial charge is 0.356 e. The van der Waals surface area contributed by atoms with Gasteiger partial charge in [-0.3, -0.25) is 4.79 Å². The molecule has 0 saturated carbocycles. The van der Waals surface area contributed by atoms with Crippen molar-refractivity contribution in [2.45, 2.75) is 55.9 Å². The third-order valence-corrected chi connectivity index (χ3v) is 7.52. The van der Waals surface area contributed by atoms with Gasteiger partial charge in [-0.2, -0.15) is 0 Å². The molecule has 3 rings (SSSR count). The lowest BCUT2D eigenvalue weighted by Crippen LogP contribution is -2.51. The molecule has 0 bridgehead atoms. The van der Waals surface area contributed by atoms with E-state index >= 15 is 0 Å². The van der Waals surface area contributed by atoms with Crippen LogP contribution in [0, 0.1) is 5.92 Å². The number of benzene rings is 1. The smallest absolute Gasteiger partial charge is 0.240 e. The number of nitrogens with one attached hydrogen (secondary N) is 2. The number of hydrogen-bond acceptors (Lipinski definition) is 4. The molecule has 2 aliphatic rings. The molecule has 0 unspecified atom stereocenters. The summed E-state index contributed by atoms with van der Waals surface area (Å²) in [6, 6.07) is 6.64. The normalized spacial score (nSPS) is 23.2. The zero-order valence-corrected chi connectivity index (χ0v) is 17.8. The molecule has 156 valence electrons. The molecule has 1 aromatic carbocycles. The van der Waals surface area contributed by atoms with Crippen molar-refractivity contribution in [3.63, 3.8) is 0 Å². The number of fused-ring (bicyclic) bond motifs is 1. The second kappa shape index (κ2) is 10.1. The van der Waals surface area contributed by atoms with Crippen molar-refractivity contribution in [3.8, 4) is 0 Å². The molecule has 2 aliphatic heterocycles. The lowest BCUT2D eigenvalue weighted by Gasteiger charge is -2.44. The van der Waals surface area contributed by atoms with Crippen LogP contribution in [0.5, 0.6) is 0 Å². The van der Waals surface area contributed by atoms with Crippen molar-refractivity contribution < 1.29 is 13.2 Å². The standard InChI is InChI=1S/C20H30ClN3O3S/c21-17-8-10-18(11-9-17)28(26,27)23-12-3-7-20(25)22-15-16-5-4-14-24-13-2-1-6-19(16)24/h8-11,16,19,23H,1-7,12-15H2,(H,22,25)/t16-,19-/m0/s1. The summed E-state index contributed by atoms with van der Waals surface area (Å²) in [7, 11) is -3.56. The quantitative estimate of drug-likeness (QED) is 0.625. The predicted octanol–water partition coefficient (Wildman–Crippen LogP) is 2.78. The molecule has 0 radical (unpaired) electrons. The highest BCUT2D eigenvalue weighted by molar-refractivity contribution is 7.89. The number of amides is 1. The van der Waals surface area contributed by atoms with E-state index in [1.165, 1.54) is 57.3 Å². The van der Waals surface area contributed by atoms with Crippen molar-refractivity contribution in [3.05, 3.63) is 29.3 Å². The van der Waals surface area contributed by atoms with Crippen molar-refractivity contribution in [1.29, 1.82) is 0 Å². The van der Waals surface area contributed by atoms with E-state index in [1.807, 2.05) is 0 Å². The number of halogens is 1. The van der Waals surface area contributed by atoms with Gasteiger partial charge in [0.2, 0.25) is 15.9 Å². The highest BCUT2D eigenvalue weighted by Gasteiger charge is 2.32. The van der Waals surface area contributed by atoms with Crippen molar-refractivity contribution in [1.82, 2.24) is 14.9 Å². The Morgan fingerprint density at radius 3 is 2.64 bits per heavy atom. The molecule has 6 nitrogen and oxygen atoms in total. The summed E-state index contributed by atoms with van der Waals surface area (Å²) in [4.78, 5) is 14.9. The van der Waals surface area contributed by atoms with E-state index in [0.29, 0.717) is 29.8 Å². The molecule has 2 atom stereocenters. The Labute approximate surface area is 173 Å². The van der Waals surface area contributed by atoms with Crippen LogP contribution in [0.2, 0.25) is 5.02 Å². The molecule has 2 saturated heterocycles. The molecule has 2 heterocycles. The number of carbonyl (C=O) groups excluding carboxylic acids is 1. The van der Waals surface area contributed by atoms with E-state index in [-0.39, 0.29) is 17.3 Å². The van der Waals surface area contributed by atoms with Crippen LogP contribution in [0.4, 0.5) is 0 Å². The summed E-state index contributed by atoms with van der Waals surface area (Å²) in [6.45, 7) is 3.36. The van der Waals surface area contributed by atoms with Gasteiger partial charge in [0.1, 0.15) is 0 Å². The van der Waals surface area contributed by atoms with Crippen LogP contribution in [0.25, 0.3) is 0 Å². The van der Waals surface area contributed by atoms with Crippen LogP contribution in [-0.4, -0.2) is 51.4 Å². The van der Waals surface area contributed by atoms with Crippen LogP contribution in [0.3, 0.4) is 0 Å². The van der Waals surface area contributed by atoms with Crippen LogP contribution in [0.15, 0.2) is 29.2 Å². The van der Waals surface area contributed by atoms with Crippen molar-refractivity contribution in [2.24, 2.45) is 5.92 Å². The van der Waals surface area contributed by atoms with Gasteiger partial charge in [-0.25, -0.2) is 13.1 Å². The predicted molar refractivity (Wildman–Crippen MR) is 111 cm³/mol. The number of sulfonamides is 1. The maximum Gasteiger partial charge on any atom is 0.240 e. The summed E-state index contributed by atoms with van der Waals surface area (Å²) in [5.41, 5.74) is 0. The molecule has 1 aromatic rings. The van der Waals surface area contributed by atoms with E-state index in [4.69, 9.17) is 11.6 Å². The average Bonchev–Trinajstić information content (AvgIpc) is 2.70. The lowest BCUT2D eigenvalue weighted by atomic mass is 9.83. The molecule has 2 N–H and O–H groups in total. The number of hydrogen-bond donors (Lipinski definition) is 2. The zero-order chi connectivity index (χ0) is 20.0. The molecular formula is C20H30ClN3O3S. The topological polar surface area (TPSA) is 78.5 Å². The average molecular weight is 428 g/mol. The van der Waals surface area contributed by atoms with Crippen molar-refractivity contribution >= 4 is 27.5 Å². The molecule has 0 aromatic heterocycles. The summed E-state index contributed by atoms with van der Waals surface area (Å²) >= 11 is 5.78. The Morgan fingerprint density at radius 1 is 1.11 bits per heavy atom. The number of rotatable bonds is 8. The van der Waals surface area contributed by atoms with Gasteiger partial charge in [-0.05, 0) is 75.4 Å². The first kappa shape index (κ1) is 21.6. The van der Waals surface area contributed by atoms with Crippen LogP contribution in [0.1, 0.15) is 44.9 Å². The Morgan fingerprint density at radius 2 is 1.86 bits per heavy atom. The second-order valence-corrected chi connectivity index (χ2v) is 9.96. The molecule has 0 aliphatic carbocycles. The first-order valence-corrected chi connectivity index (χ1v) is 12.1. The Bertz CT molecular complexity index is 752. The van der Waals surface area contributed by atoms with Gasteiger partial charge < -0.3 is 10.2 Å². The first-order valence-electron chi connectivity index (χ1n) is 10.2. The van der Waals surface area contributed by atoms with Gasteiger partial charge in [-0.15, -0.1) is 0 Å². The molecular weight excluding hydrogens is 398 g/mol. The third-order valence-electron chi connectivity index (χ3n) is 5.79.